The van der Waals surface area contributed by atoms with Crippen molar-refractivity contribution in [3.8, 4) is 0 Å². The zero-order chi connectivity index (χ0) is 10.8. The van der Waals surface area contributed by atoms with Gasteiger partial charge in [0.15, 0.2) is 0 Å². The second kappa shape index (κ2) is 4.02. The monoisotopic (exact) mass is 224 g/mol. The quantitative estimate of drug-likeness (QED) is 0.567. The lowest BCUT2D eigenvalue weighted by Crippen LogP contribution is -2.08. The molecule has 1 aliphatic rings. The van der Waals surface area contributed by atoms with Gasteiger partial charge in [0.05, 0.1) is 10.7 Å². The first-order chi connectivity index (χ1) is 7.20. The molecule has 0 radical (unpaired) electrons. The highest BCUT2D eigenvalue weighted by atomic mass is 32.1. The van der Waals surface area contributed by atoms with E-state index in [1.54, 1.807) is 11.3 Å². The smallest absolute Gasteiger partial charge is 0.221 e. The SMILES string of the molecule is CC(=O)Nc1cc2c(s1)CCC/C2=N\O. The van der Waals surface area contributed by atoms with Crippen LogP contribution in [0.4, 0.5) is 5.00 Å². The van der Waals surface area contributed by atoms with Crippen LogP contribution in [0.1, 0.15) is 30.2 Å². The van der Waals surface area contributed by atoms with E-state index in [1.165, 1.54) is 11.8 Å². The van der Waals surface area contributed by atoms with Gasteiger partial charge in [-0.1, -0.05) is 5.16 Å². The number of oxime groups is 1. The molecule has 0 aliphatic heterocycles. The minimum atomic E-state index is -0.0731. The average Bonchev–Trinajstić information content (AvgIpc) is 2.58. The summed E-state index contributed by atoms with van der Waals surface area (Å²) in [6.07, 6.45) is 2.81. The number of amides is 1. The lowest BCUT2D eigenvalue weighted by atomic mass is 9.97. The van der Waals surface area contributed by atoms with Gasteiger partial charge in [-0.15, -0.1) is 11.3 Å². The van der Waals surface area contributed by atoms with Gasteiger partial charge in [-0.2, -0.15) is 0 Å². The van der Waals surface area contributed by atoms with Gasteiger partial charge in [0, 0.05) is 17.4 Å². The third-order valence-corrected chi connectivity index (χ3v) is 3.47. The number of carbonyl (C=O) groups is 1. The van der Waals surface area contributed by atoms with Crippen LogP contribution in [-0.2, 0) is 11.2 Å². The van der Waals surface area contributed by atoms with Gasteiger partial charge < -0.3 is 10.5 Å². The molecule has 1 heterocycles. The van der Waals surface area contributed by atoms with Crippen LogP contribution in [0.15, 0.2) is 11.2 Å². The average molecular weight is 224 g/mol. The maximum Gasteiger partial charge on any atom is 0.221 e. The van der Waals surface area contributed by atoms with Crippen molar-refractivity contribution in [2.24, 2.45) is 5.16 Å². The largest absolute Gasteiger partial charge is 0.411 e. The predicted molar refractivity (Wildman–Crippen MR) is 59.9 cm³/mol. The molecular formula is C10H12N2O2S. The van der Waals surface area contributed by atoms with E-state index in [-0.39, 0.29) is 5.91 Å². The third-order valence-electron chi connectivity index (χ3n) is 2.36. The zero-order valence-corrected chi connectivity index (χ0v) is 9.23. The van der Waals surface area contributed by atoms with Crippen molar-refractivity contribution < 1.29 is 10.0 Å². The van der Waals surface area contributed by atoms with Crippen molar-refractivity contribution in [3.63, 3.8) is 0 Å². The second-order valence-corrected chi connectivity index (χ2v) is 4.67. The second-order valence-electron chi connectivity index (χ2n) is 3.53. The Morgan fingerprint density at radius 3 is 3.07 bits per heavy atom. The van der Waals surface area contributed by atoms with Gasteiger partial charge in [0.1, 0.15) is 0 Å². The van der Waals surface area contributed by atoms with Gasteiger partial charge in [-0.25, -0.2) is 0 Å². The molecule has 4 nitrogen and oxygen atoms in total. The van der Waals surface area contributed by atoms with Crippen molar-refractivity contribution in [2.75, 3.05) is 5.32 Å². The van der Waals surface area contributed by atoms with E-state index in [4.69, 9.17) is 5.21 Å². The number of thiophene rings is 1. The van der Waals surface area contributed by atoms with Gasteiger partial charge >= 0.3 is 0 Å². The lowest BCUT2D eigenvalue weighted by molar-refractivity contribution is -0.114. The Kier molecular flexibility index (Phi) is 2.73. The molecule has 0 saturated carbocycles. The molecule has 2 rings (SSSR count). The summed E-state index contributed by atoms with van der Waals surface area (Å²) in [5, 5.41) is 15.7. The normalized spacial score (nSPS) is 17.5. The fourth-order valence-electron chi connectivity index (χ4n) is 1.75. The van der Waals surface area contributed by atoms with E-state index in [2.05, 4.69) is 10.5 Å². The van der Waals surface area contributed by atoms with E-state index in [0.29, 0.717) is 0 Å². The van der Waals surface area contributed by atoms with E-state index in [0.717, 1.165) is 35.5 Å². The highest BCUT2D eigenvalue weighted by molar-refractivity contribution is 7.16. The summed E-state index contributed by atoms with van der Waals surface area (Å²) in [7, 11) is 0. The van der Waals surface area contributed by atoms with Crippen molar-refractivity contribution in [3.05, 3.63) is 16.5 Å². The van der Waals surface area contributed by atoms with Crippen LogP contribution < -0.4 is 5.32 Å². The van der Waals surface area contributed by atoms with Gasteiger partial charge in [-0.3, -0.25) is 4.79 Å². The molecule has 1 amide bonds. The van der Waals surface area contributed by atoms with Crippen LogP contribution in [0.3, 0.4) is 0 Å². The minimum absolute atomic E-state index is 0.0731. The maximum atomic E-state index is 10.9. The van der Waals surface area contributed by atoms with Crippen LogP contribution in [0.5, 0.6) is 0 Å². The maximum absolute atomic E-state index is 10.9. The van der Waals surface area contributed by atoms with Crippen LogP contribution >= 0.6 is 11.3 Å². The lowest BCUT2D eigenvalue weighted by Gasteiger charge is -2.10. The highest BCUT2D eigenvalue weighted by Crippen LogP contribution is 2.33. The summed E-state index contributed by atoms with van der Waals surface area (Å²) in [5.41, 5.74) is 1.71. The molecule has 0 spiro atoms. The summed E-state index contributed by atoms with van der Waals surface area (Å²) in [6, 6.07) is 1.88. The fourth-order valence-corrected chi connectivity index (χ4v) is 2.92. The van der Waals surface area contributed by atoms with E-state index in [1.807, 2.05) is 6.07 Å². The third kappa shape index (κ3) is 2.02. The Bertz CT molecular complexity index is 423. The molecule has 5 heteroatoms. The fraction of sp³-hybridized carbons (Fsp3) is 0.400. The van der Waals surface area contributed by atoms with Crippen LogP contribution in [0, 0.1) is 0 Å². The predicted octanol–water partition coefficient (Wildman–Crippen LogP) is 2.22. The Morgan fingerprint density at radius 2 is 2.40 bits per heavy atom. The summed E-state index contributed by atoms with van der Waals surface area (Å²) in [6.45, 7) is 1.49. The standard InChI is InChI=1S/C10H12N2O2S/c1-6(13)11-10-5-7-8(12-14)3-2-4-9(7)15-10/h5,14H,2-4H2,1H3,(H,11,13)/b12-8+. The molecule has 2 N–H and O–H groups in total. The van der Waals surface area contributed by atoms with Crippen molar-refractivity contribution in [1.82, 2.24) is 0 Å². The molecule has 0 unspecified atom stereocenters. The van der Waals surface area contributed by atoms with Gasteiger partial charge in [-0.05, 0) is 25.3 Å². The van der Waals surface area contributed by atoms with Crippen molar-refractivity contribution in [1.29, 1.82) is 0 Å². The number of anilines is 1. The molecule has 0 atom stereocenters. The number of hydrogen-bond donors (Lipinski definition) is 2. The molecule has 1 aliphatic carbocycles. The number of fused-ring (bicyclic) bond motifs is 1. The Morgan fingerprint density at radius 1 is 1.60 bits per heavy atom. The number of hydrogen-bond acceptors (Lipinski definition) is 4. The van der Waals surface area contributed by atoms with E-state index < -0.39 is 0 Å². The number of rotatable bonds is 1. The van der Waals surface area contributed by atoms with Crippen molar-refractivity contribution >= 4 is 28.0 Å². The molecule has 1 aromatic rings. The molecular weight excluding hydrogens is 212 g/mol. The number of nitrogens with one attached hydrogen (secondary N) is 1. The molecule has 0 aromatic carbocycles. The molecule has 0 fully saturated rings. The molecule has 0 saturated heterocycles. The van der Waals surface area contributed by atoms with Crippen LogP contribution in [0.25, 0.3) is 0 Å². The first-order valence-electron chi connectivity index (χ1n) is 4.82. The number of aryl methyl sites for hydroxylation is 1. The summed E-state index contributed by atoms with van der Waals surface area (Å²) in [5.74, 6) is -0.0731. The highest BCUT2D eigenvalue weighted by Gasteiger charge is 2.19. The zero-order valence-electron chi connectivity index (χ0n) is 8.41. The number of carbonyl (C=O) groups excluding carboxylic acids is 1. The first-order valence-corrected chi connectivity index (χ1v) is 5.64. The van der Waals surface area contributed by atoms with Crippen LogP contribution in [-0.4, -0.2) is 16.8 Å². The van der Waals surface area contributed by atoms with Crippen molar-refractivity contribution in [2.45, 2.75) is 26.2 Å². The minimum Gasteiger partial charge on any atom is -0.411 e. The van der Waals surface area contributed by atoms with E-state index >= 15 is 0 Å². The summed E-state index contributed by atoms with van der Waals surface area (Å²) in [4.78, 5) is 12.1. The van der Waals surface area contributed by atoms with Gasteiger partial charge in [0.25, 0.3) is 0 Å². The Labute approximate surface area is 91.6 Å². The molecule has 15 heavy (non-hydrogen) atoms. The van der Waals surface area contributed by atoms with Gasteiger partial charge in [0.2, 0.25) is 5.91 Å². The molecule has 0 bridgehead atoms. The first kappa shape index (κ1) is 10.2. The van der Waals surface area contributed by atoms with Crippen LogP contribution in [0.2, 0.25) is 0 Å². The summed E-state index contributed by atoms with van der Waals surface area (Å²) < 4.78 is 0. The van der Waals surface area contributed by atoms with E-state index in [9.17, 15) is 4.79 Å². The molecule has 80 valence electrons. The summed E-state index contributed by atoms with van der Waals surface area (Å²) >= 11 is 1.56. The Balaban J connectivity index is 2.33. The topological polar surface area (TPSA) is 61.7 Å². The number of nitrogens with zero attached hydrogens (tertiary/aromatic N) is 1. The molecule has 1 aromatic heterocycles. The Hall–Kier alpha value is -1.36.